The van der Waals surface area contributed by atoms with Crippen LogP contribution in [0.4, 0.5) is 10.7 Å². The fourth-order valence-electron chi connectivity index (χ4n) is 4.07. The van der Waals surface area contributed by atoms with Crippen LogP contribution in [0.15, 0.2) is 18.2 Å². The lowest BCUT2D eigenvalue weighted by Gasteiger charge is -2.34. The number of hydrogen-bond donors (Lipinski definition) is 3. The third-order valence-electron chi connectivity index (χ3n) is 5.80. The van der Waals surface area contributed by atoms with Crippen LogP contribution in [0, 0.1) is 21.4 Å². The molecule has 2 aliphatic rings. The molecule has 0 fully saturated rings. The van der Waals surface area contributed by atoms with Gasteiger partial charge in [-0.3, -0.25) is 14.9 Å². The summed E-state index contributed by atoms with van der Waals surface area (Å²) in [5.74, 6) is 0.0382. The molecule has 1 aromatic heterocycles. The quantitative estimate of drug-likeness (QED) is 0.512. The maximum absolute atomic E-state index is 12.8. The molecule has 0 radical (unpaired) electrons. The van der Waals surface area contributed by atoms with Gasteiger partial charge in [0.2, 0.25) is 0 Å². The number of amides is 1. The molecular weight excluding hydrogens is 378 g/mol. The van der Waals surface area contributed by atoms with Crippen LogP contribution < -0.4 is 10.6 Å². The monoisotopic (exact) mass is 401 g/mol. The summed E-state index contributed by atoms with van der Waals surface area (Å²) < 4.78 is 0. The topological polar surface area (TPSA) is 104 Å². The zero-order valence-corrected chi connectivity index (χ0v) is 16.9. The van der Waals surface area contributed by atoms with Crippen LogP contribution in [0.5, 0.6) is 5.75 Å². The molecular formula is C20H23N3O4S. The zero-order chi connectivity index (χ0) is 20.2. The number of aromatic hydroxyl groups is 1. The number of benzene rings is 1. The molecule has 0 spiro atoms. The molecule has 1 aliphatic heterocycles. The molecule has 0 bridgehead atoms. The number of thiophene rings is 1. The van der Waals surface area contributed by atoms with Crippen molar-refractivity contribution in [3.8, 4) is 5.75 Å². The van der Waals surface area contributed by atoms with Gasteiger partial charge in [0, 0.05) is 16.5 Å². The minimum Gasteiger partial charge on any atom is -0.502 e. The minimum absolute atomic E-state index is 0.152. The standard InChI is InChI=1S/C20H23N3O4S/c1-20(2,3)11-5-6-12-15(9-11)28-19-16(12)18(25)21-17(22-19)10-4-7-14(24)13(8-10)23(26)27/h4,7-8,11,17,22,24H,5-6,9H2,1-3H3,(H,21,25)/t11-,17+/m1/s1. The maximum atomic E-state index is 12.8. The summed E-state index contributed by atoms with van der Waals surface area (Å²) >= 11 is 1.62. The van der Waals surface area contributed by atoms with Gasteiger partial charge in [-0.25, -0.2) is 0 Å². The van der Waals surface area contributed by atoms with Gasteiger partial charge in [0.1, 0.15) is 11.2 Å². The average molecular weight is 401 g/mol. The third kappa shape index (κ3) is 3.11. The lowest BCUT2D eigenvalue weighted by atomic mass is 9.72. The summed E-state index contributed by atoms with van der Waals surface area (Å²) in [5, 5.41) is 27.8. The van der Waals surface area contributed by atoms with E-state index in [1.54, 1.807) is 17.4 Å². The van der Waals surface area contributed by atoms with Crippen molar-refractivity contribution >= 4 is 27.9 Å². The van der Waals surface area contributed by atoms with Gasteiger partial charge in [0.05, 0.1) is 10.5 Å². The summed E-state index contributed by atoms with van der Waals surface area (Å²) in [5.41, 5.74) is 2.24. The Morgan fingerprint density at radius 3 is 2.71 bits per heavy atom. The number of nitrogens with zero attached hydrogens (tertiary/aromatic N) is 1. The van der Waals surface area contributed by atoms with Gasteiger partial charge in [0.15, 0.2) is 5.75 Å². The van der Waals surface area contributed by atoms with E-state index in [0.717, 1.165) is 35.4 Å². The Hall–Kier alpha value is -2.61. The average Bonchev–Trinajstić information content (AvgIpc) is 2.99. The third-order valence-corrected chi connectivity index (χ3v) is 6.98. The second kappa shape index (κ2) is 6.48. The van der Waals surface area contributed by atoms with E-state index in [4.69, 9.17) is 0 Å². The molecule has 4 rings (SSSR count). The predicted octanol–water partition coefficient (Wildman–Crippen LogP) is 4.37. The number of phenols is 1. The summed E-state index contributed by atoms with van der Waals surface area (Å²) in [4.78, 5) is 24.6. The number of nitro groups is 1. The molecule has 7 nitrogen and oxygen atoms in total. The Bertz CT molecular complexity index is 977. The minimum atomic E-state index is -0.634. The molecule has 3 N–H and O–H groups in total. The highest BCUT2D eigenvalue weighted by Gasteiger charge is 2.36. The van der Waals surface area contributed by atoms with Crippen molar-refractivity contribution in [3.05, 3.63) is 49.9 Å². The van der Waals surface area contributed by atoms with Crippen molar-refractivity contribution in [2.24, 2.45) is 11.3 Å². The van der Waals surface area contributed by atoms with E-state index >= 15 is 0 Å². The Labute approximate surface area is 166 Å². The largest absolute Gasteiger partial charge is 0.502 e. The SMILES string of the molecule is CC(C)(C)[C@@H]1CCc2c(sc3c2C(=O)N[C@H](c2ccc(O)c([N+](=O)[O-])c2)N3)C1. The van der Waals surface area contributed by atoms with Gasteiger partial charge in [-0.15, -0.1) is 11.3 Å². The Balaban J connectivity index is 1.65. The van der Waals surface area contributed by atoms with Gasteiger partial charge in [-0.1, -0.05) is 26.8 Å². The number of fused-ring (bicyclic) bond motifs is 3. The molecule has 0 saturated heterocycles. The van der Waals surface area contributed by atoms with Crippen molar-refractivity contribution in [3.63, 3.8) is 0 Å². The molecule has 0 unspecified atom stereocenters. The van der Waals surface area contributed by atoms with Crippen molar-refractivity contribution in [2.45, 2.75) is 46.2 Å². The van der Waals surface area contributed by atoms with Crippen LogP contribution in [0.2, 0.25) is 0 Å². The fourth-order valence-corrected chi connectivity index (χ4v) is 5.42. The molecule has 1 aliphatic carbocycles. The smallest absolute Gasteiger partial charge is 0.311 e. The molecule has 0 saturated carbocycles. The number of rotatable bonds is 2. The molecule has 8 heteroatoms. The number of carbonyl (C=O) groups is 1. The van der Waals surface area contributed by atoms with Crippen molar-refractivity contribution in [1.82, 2.24) is 5.32 Å². The van der Waals surface area contributed by atoms with Crippen LogP contribution >= 0.6 is 11.3 Å². The fraction of sp³-hybridized carbons (Fsp3) is 0.450. The van der Waals surface area contributed by atoms with Gasteiger partial charge >= 0.3 is 5.69 Å². The Morgan fingerprint density at radius 2 is 2.04 bits per heavy atom. The lowest BCUT2D eigenvalue weighted by molar-refractivity contribution is -0.385. The summed E-state index contributed by atoms with van der Waals surface area (Å²) in [6.07, 6.45) is 2.37. The number of hydrogen-bond acceptors (Lipinski definition) is 6. The van der Waals surface area contributed by atoms with Crippen LogP contribution in [0.1, 0.15) is 59.7 Å². The van der Waals surface area contributed by atoms with Gasteiger partial charge in [-0.05, 0) is 42.2 Å². The van der Waals surface area contributed by atoms with Crippen molar-refractivity contribution < 1.29 is 14.8 Å². The second-order valence-electron chi connectivity index (χ2n) is 8.57. The van der Waals surface area contributed by atoms with Crippen molar-refractivity contribution in [2.75, 3.05) is 5.32 Å². The van der Waals surface area contributed by atoms with E-state index in [-0.39, 0.29) is 17.0 Å². The van der Waals surface area contributed by atoms with Crippen LogP contribution in [-0.2, 0) is 12.8 Å². The highest BCUT2D eigenvalue weighted by atomic mass is 32.1. The summed E-state index contributed by atoms with van der Waals surface area (Å²) in [6, 6.07) is 4.15. The van der Waals surface area contributed by atoms with Gasteiger partial charge in [0.25, 0.3) is 5.91 Å². The van der Waals surface area contributed by atoms with Gasteiger partial charge < -0.3 is 15.7 Å². The Kier molecular flexibility index (Phi) is 4.33. The molecule has 2 atom stereocenters. The molecule has 2 heterocycles. The first-order valence-electron chi connectivity index (χ1n) is 9.34. The number of anilines is 1. The van der Waals surface area contributed by atoms with E-state index in [9.17, 15) is 20.0 Å². The zero-order valence-electron chi connectivity index (χ0n) is 16.0. The Morgan fingerprint density at radius 1 is 1.29 bits per heavy atom. The summed E-state index contributed by atoms with van der Waals surface area (Å²) in [7, 11) is 0. The number of phenolic OH excluding ortho intramolecular Hbond substituents is 1. The first-order chi connectivity index (χ1) is 13.1. The molecule has 2 aromatic rings. The van der Waals surface area contributed by atoms with Crippen molar-refractivity contribution in [1.29, 1.82) is 0 Å². The van der Waals surface area contributed by atoms with E-state index in [0.29, 0.717) is 11.5 Å². The molecule has 1 amide bonds. The first kappa shape index (κ1) is 18.7. The molecule has 28 heavy (non-hydrogen) atoms. The van der Waals surface area contributed by atoms with E-state index in [2.05, 4.69) is 31.4 Å². The van der Waals surface area contributed by atoms with Crippen LogP contribution in [0.25, 0.3) is 0 Å². The predicted molar refractivity (Wildman–Crippen MR) is 108 cm³/mol. The normalized spacial score (nSPS) is 21.3. The summed E-state index contributed by atoms with van der Waals surface area (Å²) in [6.45, 7) is 6.78. The molecule has 1 aromatic carbocycles. The molecule has 148 valence electrons. The van der Waals surface area contributed by atoms with Gasteiger partial charge in [-0.2, -0.15) is 0 Å². The highest BCUT2D eigenvalue weighted by Crippen LogP contribution is 2.46. The van der Waals surface area contributed by atoms with E-state index < -0.39 is 16.8 Å². The van der Waals surface area contributed by atoms with E-state index in [1.807, 2.05) is 0 Å². The maximum Gasteiger partial charge on any atom is 0.311 e. The van der Waals surface area contributed by atoms with Crippen LogP contribution in [0.3, 0.4) is 0 Å². The number of nitrogens with one attached hydrogen (secondary N) is 2. The van der Waals surface area contributed by atoms with E-state index in [1.165, 1.54) is 17.0 Å². The number of nitro benzene ring substituents is 1. The number of carbonyl (C=O) groups excluding carboxylic acids is 1. The first-order valence-corrected chi connectivity index (χ1v) is 10.2. The second-order valence-corrected chi connectivity index (χ2v) is 9.67. The lowest BCUT2D eigenvalue weighted by Crippen LogP contribution is -2.38. The highest BCUT2D eigenvalue weighted by molar-refractivity contribution is 7.16. The van der Waals surface area contributed by atoms with Crippen LogP contribution in [-0.4, -0.2) is 15.9 Å².